The first-order chi connectivity index (χ1) is 37.0. The topological polar surface area (TPSA) is 78.9 Å². The maximum atomic E-state index is 12.9. The van der Waals surface area contributed by atoms with Gasteiger partial charge >= 0.3 is 17.9 Å². The Kier molecular flexibility index (Phi) is 62.1. The van der Waals surface area contributed by atoms with Crippen LogP contribution in [-0.2, 0) is 28.6 Å². The molecule has 0 saturated carbocycles. The minimum absolute atomic E-state index is 0.0679. The molecule has 0 N–H and O–H groups in total. The lowest BCUT2D eigenvalue weighted by Gasteiger charge is -2.18. The van der Waals surface area contributed by atoms with Crippen molar-refractivity contribution in [1.82, 2.24) is 0 Å². The number of rotatable bonds is 62. The van der Waals surface area contributed by atoms with Crippen LogP contribution in [-0.4, -0.2) is 37.2 Å². The SMILES string of the molecule is CCCCCCC/C=C\C/C=C\CCCCCCCCCCCCCCCCCCCCCC(=O)OCC(COC(=O)CCCCCCCCC)OC(=O)CCCCCCCCCCC/C=C\CCCCCCCC. The van der Waals surface area contributed by atoms with Gasteiger partial charge in [0.05, 0.1) is 0 Å². The molecule has 0 radical (unpaired) electrons. The van der Waals surface area contributed by atoms with Crippen molar-refractivity contribution in [3.8, 4) is 0 Å². The van der Waals surface area contributed by atoms with Gasteiger partial charge in [-0.25, -0.2) is 0 Å². The molecule has 0 heterocycles. The third kappa shape index (κ3) is 62.4. The van der Waals surface area contributed by atoms with Gasteiger partial charge in [0.2, 0.25) is 0 Å². The summed E-state index contributed by atoms with van der Waals surface area (Å²) >= 11 is 0. The van der Waals surface area contributed by atoms with E-state index < -0.39 is 6.10 Å². The lowest BCUT2D eigenvalue weighted by Crippen LogP contribution is -2.30. The highest BCUT2D eigenvalue weighted by molar-refractivity contribution is 5.71. The smallest absolute Gasteiger partial charge is 0.306 e. The van der Waals surface area contributed by atoms with Crippen LogP contribution < -0.4 is 0 Å². The summed E-state index contributed by atoms with van der Waals surface area (Å²) < 4.78 is 16.9. The number of hydrogen-bond acceptors (Lipinski definition) is 6. The van der Waals surface area contributed by atoms with Gasteiger partial charge in [-0.15, -0.1) is 0 Å². The second-order valence-corrected chi connectivity index (χ2v) is 22.7. The number of unbranched alkanes of at least 4 members (excludes halogenated alkanes) is 45. The molecule has 440 valence electrons. The predicted molar refractivity (Wildman–Crippen MR) is 326 cm³/mol. The van der Waals surface area contributed by atoms with Crippen LogP contribution in [0.2, 0.25) is 0 Å². The molecule has 0 bridgehead atoms. The summed E-state index contributed by atoms with van der Waals surface area (Å²) in [5.41, 5.74) is 0. The first-order valence-electron chi connectivity index (χ1n) is 33.5. The molecule has 6 nitrogen and oxygen atoms in total. The molecule has 1 atom stereocenters. The van der Waals surface area contributed by atoms with Gasteiger partial charge < -0.3 is 14.2 Å². The highest BCUT2D eigenvalue weighted by atomic mass is 16.6. The summed E-state index contributed by atoms with van der Waals surface area (Å²) in [6.45, 7) is 6.64. The van der Waals surface area contributed by atoms with E-state index in [2.05, 4.69) is 57.2 Å². The van der Waals surface area contributed by atoms with Gasteiger partial charge in [0.15, 0.2) is 6.10 Å². The number of allylic oxidation sites excluding steroid dienone is 6. The lowest BCUT2D eigenvalue weighted by molar-refractivity contribution is -0.167. The van der Waals surface area contributed by atoms with Crippen LogP contribution in [0.5, 0.6) is 0 Å². The Morgan fingerprint density at radius 2 is 0.480 bits per heavy atom. The van der Waals surface area contributed by atoms with Crippen LogP contribution in [0.4, 0.5) is 0 Å². The van der Waals surface area contributed by atoms with Gasteiger partial charge in [-0.1, -0.05) is 308 Å². The van der Waals surface area contributed by atoms with E-state index in [1.807, 2.05) is 0 Å². The van der Waals surface area contributed by atoms with E-state index in [0.29, 0.717) is 19.3 Å². The van der Waals surface area contributed by atoms with Crippen LogP contribution in [0.15, 0.2) is 36.5 Å². The minimum Gasteiger partial charge on any atom is -0.462 e. The molecule has 0 aromatic carbocycles. The van der Waals surface area contributed by atoms with Crippen LogP contribution in [0, 0.1) is 0 Å². The van der Waals surface area contributed by atoms with Gasteiger partial charge in [-0.05, 0) is 77.0 Å². The second-order valence-electron chi connectivity index (χ2n) is 22.7. The van der Waals surface area contributed by atoms with E-state index in [-0.39, 0.29) is 31.1 Å². The first-order valence-corrected chi connectivity index (χ1v) is 33.5. The predicted octanol–water partition coefficient (Wildman–Crippen LogP) is 22.8. The normalized spacial score (nSPS) is 12.2. The number of esters is 3. The van der Waals surface area contributed by atoms with E-state index in [1.165, 1.54) is 263 Å². The van der Waals surface area contributed by atoms with Crippen molar-refractivity contribution in [3.05, 3.63) is 36.5 Å². The fourth-order valence-corrected chi connectivity index (χ4v) is 10.1. The van der Waals surface area contributed by atoms with Gasteiger partial charge in [0.1, 0.15) is 13.2 Å². The summed E-state index contributed by atoms with van der Waals surface area (Å²) in [5, 5.41) is 0. The van der Waals surface area contributed by atoms with Crippen LogP contribution in [0.25, 0.3) is 0 Å². The maximum Gasteiger partial charge on any atom is 0.306 e. The van der Waals surface area contributed by atoms with E-state index >= 15 is 0 Å². The monoisotopic (exact) mass is 1050 g/mol. The van der Waals surface area contributed by atoms with E-state index in [4.69, 9.17) is 14.2 Å². The molecule has 0 rings (SSSR count). The molecule has 6 heteroatoms. The minimum atomic E-state index is -0.768. The molecule has 0 spiro atoms. The standard InChI is InChI=1S/C69H128O6/c1-4-7-10-13-16-18-20-22-24-26-28-29-30-31-32-33-34-35-36-37-38-39-41-42-44-46-48-50-53-56-59-62-68(71)74-65-66(64-73-67(70)61-58-55-52-15-12-9-6-3)75-69(72)63-60-57-54-51-49-47-45-43-40-27-25-23-21-19-17-14-11-8-5-2/h20,22-23,25-26,28,66H,4-19,21,24,27,29-65H2,1-3H3/b22-20-,25-23-,28-26-. The van der Waals surface area contributed by atoms with Gasteiger partial charge in [-0.2, -0.15) is 0 Å². The average molecular weight is 1050 g/mol. The summed E-state index contributed by atoms with van der Waals surface area (Å²) in [5.74, 6) is -0.854. The first kappa shape index (κ1) is 72.6. The highest BCUT2D eigenvalue weighted by Gasteiger charge is 2.19. The summed E-state index contributed by atoms with van der Waals surface area (Å²) in [7, 11) is 0. The Morgan fingerprint density at radius 3 is 0.747 bits per heavy atom. The van der Waals surface area contributed by atoms with Crippen molar-refractivity contribution in [2.24, 2.45) is 0 Å². The second kappa shape index (κ2) is 64.2. The van der Waals surface area contributed by atoms with Gasteiger partial charge in [-0.3, -0.25) is 14.4 Å². The molecule has 0 aliphatic heterocycles. The Hall–Kier alpha value is -2.37. The van der Waals surface area contributed by atoms with Crippen LogP contribution >= 0.6 is 0 Å². The number of ether oxygens (including phenoxy) is 3. The van der Waals surface area contributed by atoms with Crippen molar-refractivity contribution in [2.75, 3.05) is 13.2 Å². The molecule has 0 saturated heterocycles. The van der Waals surface area contributed by atoms with Crippen molar-refractivity contribution in [3.63, 3.8) is 0 Å². The van der Waals surface area contributed by atoms with Crippen molar-refractivity contribution in [2.45, 2.75) is 374 Å². The zero-order valence-electron chi connectivity index (χ0n) is 50.6. The molecular weight excluding hydrogens is 925 g/mol. The quantitative estimate of drug-likeness (QED) is 0.0261. The Balaban J connectivity index is 4.00. The van der Waals surface area contributed by atoms with Crippen molar-refractivity contribution in [1.29, 1.82) is 0 Å². The van der Waals surface area contributed by atoms with E-state index in [9.17, 15) is 14.4 Å². The summed E-state index contributed by atoms with van der Waals surface area (Å²) in [6, 6.07) is 0. The van der Waals surface area contributed by atoms with Gasteiger partial charge in [0.25, 0.3) is 0 Å². The average Bonchev–Trinajstić information content (AvgIpc) is 3.41. The van der Waals surface area contributed by atoms with E-state index in [1.54, 1.807) is 0 Å². The zero-order chi connectivity index (χ0) is 54.3. The van der Waals surface area contributed by atoms with Crippen molar-refractivity contribution >= 4 is 17.9 Å². The molecule has 0 aromatic rings. The van der Waals surface area contributed by atoms with Crippen LogP contribution in [0.3, 0.4) is 0 Å². The largest absolute Gasteiger partial charge is 0.462 e. The Labute approximate surface area is 467 Å². The molecule has 0 fully saturated rings. The van der Waals surface area contributed by atoms with Crippen LogP contribution in [0.1, 0.15) is 367 Å². The molecule has 0 aliphatic carbocycles. The fourth-order valence-electron chi connectivity index (χ4n) is 10.1. The fraction of sp³-hybridized carbons (Fsp3) is 0.870. The third-order valence-corrected chi connectivity index (χ3v) is 15.1. The highest BCUT2D eigenvalue weighted by Crippen LogP contribution is 2.18. The molecule has 0 amide bonds. The summed E-state index contributed by atoms with van der Waals surface area (Å²) in [4.78, 5) is 38.1. The maximum absolute atomic E-state index is 12.9. The molecule has 0 aromatic heterocycles. The molecule has 75 heavy (non-hydrogen) atoms. The zero-order valence-corrected chi connectivity index (χ0v) is 50.6. The van der Waals surface area contributed by atoms with E-state index in [0.717, 1.165) is 64.2 Å². The lowest BCUT2D eigenvalue weighted by atomic mass is 10.0. The Bertz CT molecular complexity index is 1250. The number of carbonyl (C=O) groups excluding carboxylic acids is 3. The van der Waals surface area contributed by atoms with Crippen molar-refractivity contribution < 1.29 is 28.6 Å². The Morgan fingerprint density at radius 1 is 0.267 bits per heavy atom. The summed E-state index contributed by atoms with van der Waals surface area (Å²) in [6.07, 6.45) is 79.1. The third-order valence-electron chi connectivity index (χ3n) is 15.1. The number of carbonyl (C=O) groups is 3. The number of hydrogen-bond donors (Lipinski definition) is 0. The molecule has 0 aliphatic rings. The van der Waals surface area contributed by atoms with Gasteiger partial charge in [0, 0.05) is 19.3 Å². The molecular formula is C69H128O6. The molecule has 1 unspecified atom stereocenters.